The third kappa shape index (κ3) is 4.48. The molecule has 28 heavy (non-hydrogen) atoms. The van der Waals surface area contributed by atoms with E-state index in [1.165, 1.54) is 18.2 Å². The molecule has 0 unspecified atom stereocenters. The van der Waals surface area contributed by atoms with Gasteiger partial charge in [0.2, 0.25) is 9.84 Å². The van der Waals surface area contributed by atoms with Gasteiger partial charge in [0.1, 0.15) is 23.3 Å². The third-order valence-corrected chi connectivity index (χ3v) is 5.97. The highest BCUT2D eigenvalue weighted by molar-refractivity contribution is 7.95. The summed E-state index contributed by atoms with van der Waals surface area (Å²) in [6.07, 6.45) is 1.37. The van der Waals surface area contributed by atoms with Crippen molar-refractivity contribution in [3.8, 4) is 11.8 Å². The van der Waals surface area contributed by atoms with Crippen molar-refractivity contribution in [3.05, 3.63) is 100 Å². The van der Waals surface area contributed by atoms with Crippen LogP contribution in [0.2, 0.25) is 0 Å². The number of ether oxygens (including phenoxy) is 1. The number of hydrogen-bond donors (Lipinski definition) is 0. The average molecular weight is 389 g/mol. The van der Waals surface area contributed by atoms with Gasteiger partial charge >= 0.3 is 0 Å². The van der Waals surface area contributed by atoms with Crippen LogP contribution in [-0.2, 0) is 16.4 Å². The number of sulfone groups is 1. The second-order valence-corrected chi connectivity index (χ2v) is 8.14. The van der Waals surface area contributed by atoms with Crippen LogP contribution in [0.3, 0.4) is 0 Å². The molecule has 3 aromatic rings. The Morgan fingerprint density at radius 2 is 1.61 bits per heavy atom. The second-order valence-electron chi connectivity index (χ2n) is 6.22. The number of nitrogens with zero attached hydrogens (tertiary/aromatic N) is 1. The quantitative estimate of drug-likeness (QED) is 0.562. The molecule has 0 saturated carbocycles. The van der Waals surface area contributed by atoms with Gasteiger partial charge in [-0.3, -0.25) is 0 Å². The molecule has 3 aromatic carbocycles. The minimum Gasteiger partial charge on any atom is -0.489 e. The molecular weight excluding hydrogens is 370 g/mol. The van der Waals surface area contributed by atoms with E-state index in [1.54, 1.807) is 48.5 Å². The molecule has 0 N–H and O–H groups in total. The fourth-order valence-corrected chi connectivity index (χ4v) is 3.82. The predicted octanol–water partition coefficient (Wildman–Crippen LogP) is 4.91. The molecule has 0 radical (unpaired) electrons. The van der Waals surface area contributed by atoms with Crippen molar-refractivity contribution in [2.24, 2.45) is 0 Å². The van der Waals surface area contributed by atoms with E-state index >= 15 is 0 Å². The fraction of sp³-hybridized carbons (Fsp3) is 0.0870. The summed E-state index contributed by atoms with van der Waals surface area (Å²) in [6.45, 7) is 2.48. The molecule has 4 nitrogen and oxygen atoms in total. The molecule has 3 rings (SSSR count). The first-order chi connectivity index (χ1) is 13.5. The summed E-state index contributed by atoms with van der Waals surface area (Å²) in [4.78, 5) is -0.201. The van der Waals surface area contributed by atoms with Gasteiger partial charge in [-0.1, -0.05) is 54.6 Å². The smallest absolute Gasteiger partial charge is 0.216 e. The van der Waals surface area contributed by atoms with Crippen LogP contribution >= 0.6 is 0 Å². The number of hydrogen-bond acceptors (Lipinski definition) is 4. The van der Waals surface area contributed by atoms with Crippen LogP contribution in [0, 0.1) is 18.3 Å². The van der Waals surface area contributed by atoms with Gasteiger partial charge in [-0.05, 0) is 54.0 Å². The van der Waals surface area contributed by atoms with E-state index in [4.69, 9.17) is 4.74 Å². The van der Waals surface area contributed by atoms with Crippen LogP contribution in [0.1, 0.15) is 16.7 Å². The lowest BCUT2D eigenvalue weighted by Crippen LogP contribution is -2.03. The maximum atomic E-state index is 12.6. The highest BCUT2D eigenvalue weighted by Gasteiger charge is 2.20. The van der Waals surface area contributed by atoms with Gasteiger partial charge in [0.05, 0.1) is 4.90 Å². The summed E-state index contributed by atoms with van der Waals surface area (Å²) < 4.78 is 31.0. The van der Waals surface area contributed by atoms with Gasteiger partial charge in [0.25, 0.3) is 0 Å². The van der Waals surface area contributed by atoms with Gasteiger partial charge in [0.15, 0.2) is 0 Å². The molecule has 0 aromatic heterocycles. The van der Waals surface area contributed by atoms with Crippen LogP contribution in [-0.4, -0.2) is 8.42 Å². The number of benzene rings is 3. The molecule has 0 aliphatic rings. The first-order valence-corrected chi connectivity index (χ1v) is 10.2. The van der Waals surface area contributed by atoms with Crippen LogP contribution in [0.4, 0.5) is 0 Å². The van der Waals surface area contributed by atoms with Gasteiger partial charge in [0, 0.05) is 0 Å². The molecule has 5 heteroatoms. The number of allylic oxidation sites excluding steroid dienone is 1. The van der Waals surface area contributed by atoms with Crippen molar-refractivity contribution in [2.45, 2.75) is 18.4 Å². The third-order valence-electron chi connectivity index (χ3n) is 4.29. The van der Waals surface area contributed by atoms with Crippen LogP contribution < -0.4 is 4.74 Å². The predicted molar refractivity (Wildman–Crippen MR) is 109 cm³/mol. The summed E-state index contributed by atoms with van der Waals surface area (Å²) in [5.74, 6) is 0.671. The molecular formula is C23H19NO3S. The van der Waals surface area contributed by atoms with Gasteiger partial charge in [-0.15, -0.1) is 0 Å². The van der Waals surface area contributed by atoms with Crippen molar-refractivity contribution < 1.29 is 13.2 Å². The maximum absolute atomic E-state index is 12.6. The molecule has 0 saturated heterocycles. The number of rotatable bonds is 6. The topological polar surface area (TPSA) is 67.2 Å². The van der Waals surface area contributed by atoms with Crippen molar-refractivity contribution in [2.75, 3.05) is 0 Å². The van der Waals surface area contributed by atoms with Crippen molar-refractivity contribution in [1.82, 2.24) is 0 Å². The van der Waals surface area contributed by atoms with Crippen LogP contribution in [0.15, 0.2) is 88.7 Å². The highest BCUT2D eigenvalue weighted by atomic mass is 32.2. The van der Waals surface area contributed by atoms with Crippen molar-refractivity contribution in [3.63, 3.8) is 0 Å². The normalized spacial score (nSPS) is 11.6. The SMILES string of the molecule is Cc1ccccc1COc1ccc(/C=C(/C#N)S(=O)(=O)c2ccccc2)cc1. The first kappa shape index (κ1) is 19.4. The van der Waals surface area contributed by atoms with E-state index < -0.39 is 9.84 Å². The minimum absolute atomic E-state index is 0.0981. The second kappa shape index (κ2) is 8.55. The van der Waals surface area contributed by atoms with Gasteiger partial charge < -0.3 is 4.74 Å². The largest absolute Gasteiger partial charge is 0.489 e. The van der Waals surface area contributed by atoms with Crippen LogP contribution in [0.25, 0.3) is 6.08 Å². The molecule has 140 valence electrons. The fourth-order valence-electron chi connectivity index (χ4n) is 2.64. The van der Waals surface area contributed by atoms with Crippen LogP contribution in [0.5, 0.6) is 5.75 Å². The summed E-state index contributed by atoms with van der Waals surface area (Å²) in [5.41, 5.74) is 2.87. The number of nitriles is 1. The molecule has 0 amide bonds. The molecule has 0 aliphatic heterocycles. The lowest BCUT2D eigenvalue weighted by Gasteiger charge is -2.09. The Morgan fingerprint density at radius 1 is 0.964 bits per heavy atom. The summed E-state index contributed by atoms with van der Waals surface area (Å²) in [6, 6.07) is 24.7. The Bertz CT molecular complexity index is 1130. The van der Waals surface area contributed by atoms with Crippen molar-refractivity contribution >= 4 is 15.9 Å². The minimum atomic E-state index is -3.84. The zero-order valence-corrected chi connectivity index (χ0v) is 16.2. The lowest BCUT2D eigenvalue weighted by molar-refractivity contribution is 0.305. The highest BCUT2D eigenvalue weighted by Crippen LogP contribution is 2.22. The monoisotopic (exact) mass is 389 g/mol. The average Bonchev–Trinajstić information content (AvgIpc) is 2.73. The molecule has 0 atom stereocenters. The Hall–Kier alpha value is -3.36. The van der Waals surface area contributed by atoms with Gasteiger partial charge in [-0.25, -0.2) is 8.42 Å². The van der Waals surface area contributed by atoms with E-state index in [9.17, 15) is 13.7 Å². The van der Waals surface area contributed by atoms with E-state index in [0.29, 0.717) is 17.9 Å². The maximum Gasteiger partial charge on any atom is 0.216 e. The Balaban J connectivity index is 1.77. The molecule has 0 bridgehead atoms. The molecule has 0 fully saturated rings. The zero-order chi connectivity index (χ0) is 20.0. The van der Waals surface area contributed by atoms with E-state index in [1.807, 2.05) is 31.2 Å². The van der Waals surface area contributed by atoms with E-state index in [2.05, 4.69) is 0 Å². The van der Waals surface area contributed by atoms with Crippen molar-refractivity contribution in [1.29, 1.82) is 5.26 Å². The summed E-state index contributed by atoms with van der Waals surface area (Å²) in [7, 11) is -3.84. The molecule has 0 spiro atoms. The Kier molecular flexibility index (Phi) is 5.93. The summed E-state index contributed by atoms with van der Waals surface area (Å²) in [5, 5.41) is 9.35. The van der Waals surface area contributed by atoms with E-state index in [0.717, 1.165) is 11.1 Å². The standard InChI is InChI=1S/C23H19NO3S/c1-18-7-5-6-8-20(18)17-27-21-13-11-19(12-14-21)15-23(16-24)28(25,26)22-9-3-2-4-10-22/h2-15H,17H2,1H3/b23-15-. The first-order valence-electron chi connectivity index (χ1n) is 8.70. The summed E-state index contributed by atoms with van der Waals surface area (Å²) >= 11 is 0. The number of aryl methyl sites for hydroxylation is 1. The Morgan fingerprint density at radius 3 is 2.25 bits per heavy atom. The molecule has 0 heterocycles. The van der Waals surface area contributed by atoms with Gasteiger partial charge in [-0.2, -0.15) is 5.26 Å². The molecule has 0 aliphatic carbocycles. The zero-order valence-electron chi connectivity index (χ0n) is 15.4. The lowest BCUT2D eigenvalue weighted by atomic mass is 10.1. The Labute approximate surface area is 165 Å². The van der Waals surface area contributed by atoms with E-state index in [-0.39, 0.29) is 9.80 Å².